The zero-order valence-corrected chi connectivity index (χ0v) is 25.8. The molecular formula is C42H36N2. The Morgan fingerprint density at radius 2 is 0.955 bits per heavy atom. The van der Waals surface area contributed by atoms with Gasteiger partial charge in [0.15, 0.2) is 0 Å². The van der Waals surface area contributed by atoms with E-state index in [0.29, 0.717) is 0 Å². The summed E-state index contributed by atoms with van der Waals surface area (Å²) in [5, 5.41) is 0. The third-order valence-corrected chi connectivity index (χ3v) is 8.83. The van der Waals surface area contributed by atoms with E-state index in [1.165, 1.54) is 44.5 Å². The van der Waals surface area contributed by atoms with Gasteiger partial charge in [-0.15, -0.1) is 0 Å². The van der Waals surface area contributed by atoms with Crippen molar-refractivity contribution in [1.29, 1.82) is 0 Å². The molecule has 6 aromatic carbocycles. The Kier molecular flexibility index (Phi) is 6.98. The van der Waals surface area contributed by atoms with E-state index >= 15 is 0 Å². The molecule has 1 aromatic heterocycles. The fourth-order valence-corrected chi connectivity index (χ4v) is 6.60. The molecule has 0 atom stereocenters. The van der Waals surface area contributed by atoms with Crippen molar-refractivity contribution in [3.63, 3.8) is 0 Å². The third kappa shape index (κ3) is 4.55. The molecule has 0 spiro atoms. The Bertz CT molecular complexity index is 2080. The van der Waals surface area contributed by atoms with Crippen LogP contribution in [0, 0.1) is 0 Å². The van der Waals surface area contributed by atoms with Crippen LogP contribution in [-0.4, -0.2) is 9.55 Å². The van der Waals surface area contributed by atoms with Gasteiger partial charge in [0.05, 0.1) is 11.0 Å². The quantitative estimate of drug-likeness (QED) is 0.206. The average Bonchev–Trinajstić information content (AvgIpc) is 3.59. The number of hydrogen-bond donors (Lipinski definition) is 0. The van der Waals surface area contributed by atoms with Gasteiger partial charge in [-0.25, -0.2) is 4.98 Å². The van der Waals surface area contributed by atoms with Gasteiger partial charge in [0.2, 0.25) is 0 Å². The van der Waals surface area contributed by atoms with Crippen molar-refractivity contribution in [2.24, 2.45) is 0 Å². The van der Waals surface area contributed by atoms with Gasteiger partial charge in [-0.1, -0.05) is 137 Å². The number of para-hydroxylation sites is 2. The lowest BCUT2D eigenvalue weighted by Crippen LogP contribution is -2.15. The topological polar surface area (TPSA) is 17.8 Å². The SMILES string of the molecule is CC.CC1(C)c2cc(-c3ccccc3)ccc2-c2ccc(-c3ccc(-n4c(-c5ccccc5)nc5ccccc54)cc3)cc21. The summed E-state index contributed by atoms with van der Waals surface area (Å²) in [6, 6.07) is 52.3. The second-order valence-electron chi connectivity index (χ2n) is 11.7. The molecule has 0 bridgehead atoms. The fourth-order valence-electron chi connectivity index (χ4n) is 6.60. The lowest BCUT2D eigenvalue weighted by molar-refractivity contribution is 0.661. The van der Waals surface area contributed by atoms with Crippen LogP contribution in [-0.2, 0) is 5.41 Å². The van der Waals surface area contributed by atoms with Crippen LogP contribution in [0.15, 0.2) is 146 Å². The van der Waals surface area contributed by atoms with E-state index in [4.69, 9.17) is 4.98 Å². The maximum absolute atomic E-state index is 5.00. The van der Waals surface area contributed by atoms with Gasteiger partial charge in [0, 0.05) is 16.7 Å². The van der Waals surface area contributed by atoms with Crippen molar-refractivity contribution < 1.29 is 0 Å². The molecule has 0 fully saturated rings. The van der Waals surface area contributed by atoms with Crippen LogP contribution < -0.4 is 0 Å². The normalized spacial score (nSPS) is 12.7. The van der Waals surface area contributed by atoms with E-state index in [1.54, 1.807) is 0 Å². The van der Waals surface area contributed by atoms with E-state index in [-0.39, 0.29) is 5.41 Å². The molecule has 2 heteroatoms. The van der Waals surface area contributed by atoms with Crippen molar-refractivity contribution in [2.75, 3.05) is 0 Å². The van der Waals surface area contributed by atoms with Gasteiger partial charge in [0.25, 0.3) is 0 Å². The first-order valence-electron chi connectivity index (χ1n) is 15.6. The van der Waals surface area contributed by atoms with Crippen molar-refractivity contribution in [2.45, 2.75) is 33.1 Å². The monoisotopic (exact) mass is 568 g/mol. The summed E-state index contributed by atoms with van der Waals surface area (Å²) in [5.74, 6) is 0.955. The van der Waals surface area contributed by atoms with Gasteiger partial charge >= 0.3 is 0 Å². The fraction of sp³-hybridized carbons (Fsp3) is 0.119. The van der Waals surface area contributed by atoms with Crippen LogP contribution in [0.5, 0.6) is 0 Å². The lowest BCUT2D eigenvalue weighted by Gasteiger charge is -2.22. The molecular weight excluding hydrogens is 532 g/mol. The Labute approximate surface area is 260 Å². The number of fused-ring (bicyclic) bond motifs is 4. The predicted octanol–water partition coefficient (Wildman–Crippen LogP) is 11.4. The number of hydrogen-bond acceptors (Lipinski definition) is 1. The zero-order chi connectivity index (χ0) is 30.3. The summed E-state index contributed by atoms with van der Waals surface area (Å²) in [6.07, 6.45) is 0. The number of benzene rings is 6. The number of imidazole rings is 1. The van der Waals surface area contributed by atoms with Crippen LogP contribution in [0.3, 0.4) is 0 Å². The van der Waals surface area contributed by atoms with Crippen molar-refractivity contribution in [3.8, 4) is 50.5 Å². The second-order valence-corrected chi connectivity index (χ2v) is 11.7. The first-order chi connectivity index (χ1) is 21.6. The maximum atomic E-state index is 5.00. The molecule has 0 N–H and O–H groups in total. The van der Waals surface area contributed by atoms with Crippen LogP contribution in [0.4, 0.5) is 0 Å². The molecule has 8 rings (SSSR count). The molecule has 44 heavy (non-hydrogen) atoms. The molecule has 7 aromatic rings. The molecule has 2 nitrogen and oxygen atoms in total. The van der Waals surface area contributed by atoms with Crippen LogP contribution in [0.25, 0.3) is 61.5 Å². The highest BCUT2D eigenvalue weighted by Gasteiger charge is 2.35. The molecule has 0 unspecified atom stereocenters. The van der Waals surface area contributed by atoms with Crippen LogP contribution >= 0.6 is 0 Å². The highest BCUT2D eigenvalue weighted by molar-refractivity contribution is 5.86. The Morgan fingerprint density at radius 1 is 0.477 bits per heavy atom. The first-order valence-corrected chi connectivity index (χ1v) is 15.6. The number of rotatable bonds is 4. The lowest BCUT2D eigenvalue weighted by atomic mass is 9.81. The maximum Gasteiger partial charge on any atom is 0.145 e. The van der Waals surface area contributed by atoms with E-state index < -0.39 is 0 Å². The minimum absolute atomic E-state index is 0.0777. The average molecular weight is 569 g/mol. The van der Waals surface area contributed by atoms with Crippen molar-refractivity contribution >= 4 is 11.0 Å². The molecule has 1 aliphatic carbocycles. The summed E-state index contributed by atoms with van der Waals surface area (Å²) in [6.45, 7) is 8.71. The van der Waals surface area contributed by atoms with Crippen LogP contribution in [0.1, 0.15) is 38.8 Å². The molecule has 0 saturated carbocycles. The minimum atomic E-state index is -0.0777. The van der Waals surface area contributed by atoms with E-state index in [0.717, 1.165) is 28.1 Å². The van der Waals surface area contributed by atoms with Crippen molar-refractivity contribution in [1.82, 2.24) is 9.55 Å². The summed E-state index contributed by atoms with van der Waals surface area (Å²) >= 11 is 0. The standard InChI is InChI=1S/C40H30N2.C2H6/c1-40(2)35-25-30(27-11-5-3-6-12-27)19-23-33(35)34-24-20-31(26-36(34)40)28-17-21-32(22-18-28)42-38-16-10-9-15-37(38)41-39(42)29-13-7-4-8-14-29;1-2/h3-26H,1-2H3;1-2H3. The third-order valence-electron chi connectivity index (χ3n) is 8.83. The smallest absolute Gasteiger partial charge is 0.145 e. The first kappa shape index (κ1) is 27.6. The Morgan fingerprint density at radius 3 is 1.55 bits per heavy atom. The molecule has 0 amide bonds. The van der Waals surface area contributed by atoms with Gasteiger partial charge < -0.3 is 0 Å². The highest BCUT2D eigenvalue weighted by atomic mass is 15.1. The Hall–Kier alpha value is -5.21. The largest absolute Gasteiger partial charge is 0.292 e. The minimum Gasteiger partial charge on any atom is -0.292 e. The van der Waals surface area contributed by atoms with Crippen LogP contribution in [0.2, 0.25) is 0 Å². The summed E-state index contributed by atoms with van der Waals surface area (Å²) in [5.41, 5.74) is 14.7. The highest BCUT2D eigenvalue weighted by Crippen LogP contribution is 2.50. The molecule has 0 saturated heterocycles. The molecule has 1 heterocycles. The predicted molar refractivity (Wildman–Crippen MR) is 186 cm³/mol. The molecule has 214 valence electrons. The second kappa shape index (κ2) is 11.1. The number of nitrogens with zero attached hydrogens (tertiary/aromatic N) is 2. The summed E-state index contributed by atoms with van der Waals surface area (Å²) in [4.78, 5) is 5.00. The van der Waals surface area contributed by atoms with Gasteiger partial charge in [-0.3, -0.25) is 4.57 Å². The summed E-state index contributed by atoms with van der Waals surface area (Å²) < 4.78 is 2.27. The van der Waals surface area contributed by atoms with Gasteiger partial charge in [-0.2, -0.15) is 0 Å². The van der Waals surface area contributed by atoms with Gasteiger partial charge in [-0.05, 0) is 80.9 Å². The Balaban J connectivity index is 0.00000153. The van der Waals surface area contributed by atoms with Gasteiger partial charge in [0.1, 0.15) is 5.82 Å². The zero-order valence-electron chi connectivity index (χ0n) is 25.8. The molecule has 0 aliphatic heterocycles. The van der Waals surface area contributed by atoms with Crippen molar-refractivity contribution in [3.05, 3.63) is 157 Å². The van der Waals surface area contributed by atoms with E-state index in [2.05, 4.69) is 152 Å². The van der Waals surface area contributed by atoms with E-state index in [1.807, 2.05) is 26.0 Å². The van der Waals surface area contributed by atoms with E-state index in [9.17, 15) is 0 Å². The molecule has 1 aliphatic rings. The summed E-state index contributed by atoms with van der Waals surface area (Å²) in [7, 11) is 0. The number of aromatic nitrogens is 2. The molecule has 0 radical (unpaired) electrons.